The maximum absolute atomic E-state index is 11.2. The second kappa shape index (κ2) is 5.65. The normalized spacial score (nSPS) is 10.8. The molecule has 3 rings (SSSR count). The van der Waals surface area contributed by atoms with Crippen LogP contribution in [0.1, 0.15) is 22.8 Å². The van der Waals surface area contributed by atoms with Gasteiger partial charge in [-0.2, -0.15) is 0 Å². The number of carboxylic acid groups (broad SMARTS) is 1. The lowest BCUT2D eigenvalue weighted by Gasteiger charge is -2.15. The Kier molecular flexibility index (Phi) is 3.66. The molecule has 3 aromatic carbocycles. The van der Waals surface area contributed by atoms with Crippen molar-refractivity contribution in [1.82, 2.24) is 0 Å². The Morgan fingerprint density at radius 3 is 2.39 bits per heavy atom. The van der Waals surface area contributed by atoms with Crippen LogP contribution in [-0.4, -0.2) is 21.3 Å². The number of aromatic carboxylic acids is 1. The van der Waals surface area contributed by atoms with E-state index in [0.717, 1.165) is 10.8 Å². The van der Waals surface area contributed by atoms with Crippen molar-refractivity contribution in [3.63, 3.8) is 0 Å². The molecule has 23 heavy (non-hydrogen) atoms. The van der Waals surface area contributed by atoms with E-state index in [9.17, 15) is 15.0 Å². The van der Waals surface area contributed by atoms with Crippen LogP contribution in [-0.2, 0) is 6.42 Å². The van der Waals surface area contributed by atoms with Crippen LogP contribution in [0.25, 0.3) is 21.9 Å². The van der Waals surface area contributed by atoms with E-state index >= 15 is 0 Å². The molecular weight excluding hydrogens is 292 g/mol. The Bertz CT molecular complexity index is 913. The number of hydrogen-bond donors (Lipinski definition) is 3. The first-order valence-corrected chi connectivity index (χ1v) is 7.33. The summed E-state index contributed by atoms with van der Waals surface area (Å²) < 4.78 is 0. The fourth-order valence-electron chi connectivity index (χ4n) is 2.90. The van der Waals surface area contributed by atoms with Crippen LogP contribution < -0.4 is 0 Å². The van der Waals surface area contributed by atoms with Gasteiger partial charge in [-0.05, 0) is 41.0 Å². The molecule has 0 aliphatic carbocycles. The topological polar surface area (TPSA) is 77.8 Å². The first-order chi connectivity index (χ1) is 11.0. The van der Waals surface area contributed by atoms with Crippen LogP contribution in [0.3, 0.4) is 0 Å². The summed E-state index contributed by atoms with van der Waals surface area (Å²) in [6.45, 7) is 1.88. The summed E-state index contributed by atoms with van der Waals surface area (Å²) in [6.07, 6.45) is 0.534. The van der Waals surface area contributed by atoms with E-state index in [4.69, 9.17) is 5.11 Å². The van der Waals surface area contributed by atoms with Crippen LogP contribution in [0.5, 0.6) is 11.5 Å². The van der Waals surface area contributed by atoms with E-state index in [1.54, 1.807) is 12.1 Å². The lowest BCUT2D eigenvalue weighted by Crippen LogP contribution is -2.00. The SMILES string of the molecule is CCc1cc(C(=O)O)cc(O)c1-c1c(O)ccc2ccccc12. The third-order valence-corrected chi connectivity index (χ3v) is 3.98. The molecule has 0 heterocycles. The van der Waals surface area contributed by atoms with Gasteiger partial charge in [0.2, 0.25) is 0 Å². The van der Waals surface area contributed by atoms with Gasteiger partial charge in [0, 0.05) is 11.1 Å². The molecule has 0 aliphatic heterocycles. The van der Waals surface area contributed by atoms with Crippen molar-refractivity contribution in [2.75, 3.05) is 0 Å². The standard InChI is InChI=1S/C19H16O4/c1-2-11-9-13(19(22)23)10-16(21)17(11)18-14-6-4-3-5-12(14)7-8-15(18)20/h3-10,20-21H,2H2,1H3,(H,22,23). The van der Waals surface area contributed by atoms with Crippen LogP contribution >= 0.6 is 0 Å². The monoisotopic (exact) mass is 308 g/mol. The van der Waals surface area contributed by atoms with Crippen LogP contribution in [0.2, 0.25) is 0 Å². The zero-order valence-corrected chi connectivity index (χ0v) is 12.6. The molecule has 0 saturated carbocycles. The molecule has 0 fully saturated rings. The molecule has 0 unspecified atom stereocenters. The van der Waals surface area contributed by atoms with E-state index in [-0.39, 0.29) is 17.1 Å². The molecule has 0 amide bonds. The van der Waals surface area contributed by atoms with E-state index < -0.39 is 5.97 Å². The number of benzene rings is 3. The number of phenolic OH excluding ortho intramolecular Hbond substituents is 2. The maximum Gasteiger partial charge on any atom is 0.335 e. The summed E-state index contributed by atoms with van der Waals surface area (Å²) in [5.41, 5.74) is 1.71. The molecule has 0 spiro atoms. The third kappa shape index (κ3) is 2.48. The quantitative estimate of drug-likeness (QED) is 0.678. The molecule has 4 heteroatoms. The highest BCUT2D eigenvalue weighted by atomic mass is 16.4. The number of aryl methyl sites for hydroxylation is 1. The Labute approximate surface area is 133 Å². The predicted octanol–water partition coefficient (Wildman–Crippen LogP) is 4.18. The Hall–Kier alpha value is -3.01. The van der Waals surface area contributed by atoms with Crippen molar-refractivity contribution in [3.05, 3.63) is 59.7 Å². The van der Waals surface area contributed by atoms with E-state index in [2.05, 4.69) is 0 Å². The number of rotatable bonds is 3. The van der Waals surface area contributed by atoms with Gasteiger partial charge in [0.25, 0.3) is 0 Å². The third-order valence-electron chi connectivity index (χ3n) is 3.98. The van der Waals surface area contributed by atoms with Crippen molar-refractivity contribution >= 4 is 16.7 Å². The largest absolute Gasteiger partial charge is 0.507 e. The van der Waals surface area contributed by atoms with E-state index in [0.29, 0.717) is 23.1 Å². The summed E-state index contributed by atoms with van der Waals surface area (Å²) >= 11 is 0. The average molecular weight is 308 g/mol. The van der Waals surface area contributed by atoms with Crippen molar-refractivity contribution in [2.45, 2.75) is 13.3 Å². The second-order valence-corrected chi connectivity index (χ2v) is 5.37. The van der Waals surface area contributed by atoms with Crippen molar-refractivity contribution in [3.8, 4) is 22.6 Å². The summed E-state index contributed by atoms with van der Waals surface area (Å²) in [5, 5.41) is 31.7. The van der Waals surface area contributed by atoms with Gasteiger partial charge in [-0.25, -0.2) is 4.79 Å². The zero-order valence-electron chi connectivity index (χ0n) is 12.6. The lowest BCUT2D eigenvalue weighted by molar-refractivity contribution is 0.0696. The van der Waals surface area contributed by atoms with Gasteiger partial charge >= 0.3 is 5.97 Å². The Morgan fingerprint density at radius 1 is 0.957 bits per heavy atom. The number of phenols is 2. The van der Waals surface area contributed by atoms with Gasteiger partial charge in [-0.1, -0.05) is 37.3 Å². The summed E-state index contributed by atoms with van der Waals surface area (Å²) in [5.74, 6) is -1.19. The van der Waals surface area contributed by atoms with Gasteiger partial charge in [0.05, 0.1) is 5.56 Å². The average Bonchev–Trinajstić information content (AvgIpc) is 2.54. The van der Waals surface area contributed by atoms with Gasteiger partial charge < -0.3 is 15.3 Å². The Balaban J connectivity index is 2.39. The molecule has 4 nitrogen and oxygen atoms in total. The van der Waals surface area contributed by atoms with Crippen molar-refractivity contribution in [1.29, 1.82) is 0 Å². The molecule has 0 radical (unpaired) electrons. The summed E-state index contributed by atoms with van der Waals surface area (Å²) in [4.78, 5) is 11.2. The molecule has 3 aromatic rings. The molecule has 3 N–H and O–H groups in total. The maximum atomic E-state index is 11.2. The van der Waals surface area contributed by atoms with Crippen molar-refractivity contribution < 1.29 is 20.1 Å². The van der Waals surface area contributed by atoms with Crippen LogP contribution in [0.15, 0.2) is 48.5 Å². The summed E-state index contributed by atoms with van der Waals surface area (Å²) in [7, 11) is 0. The minimum atomic E-state index is -1.09. The molecular formula is C19H16O4. The second-order valence-electron chi connectivity index (χ2n) is 5.37. The predicted molar refractivity (Wildman–Crippen MR) is 89.1 cm³/mol. The minimum Gasteiger partial charge on any atom is -0.507 e. The number of carbonyl (C=O) groups is 1. The first kappa shape index (κ1) is 14.9. The molecule has 0 bridgehead atoms. The summed E-state index contributed by atoms with van der Waals surface area (Å²) in [6, 6.07) is 13.7. The first-order valence-electron chi connectivity index (χ1n) is 7.33. The van der Waals surface area contributed by atoms with Gasteiger partial charge in [0.1, 0.15) is 11.5 Å². The highest BCUT2D eigenvalue weighted by Gasteiger charge is 2.19. The van der Waals surface area contributed by atoms with Crippen LogP contribution in [0, 0.1) is 0 Å². The molecule has 0 saturated heterocycles. The number of aromatic hydroxyl groups is 2. The van der Waals surface area contributed by atoms with Crippen LogP contribution in [0.4, 0.5) is 0 Å². The molecule has 0 aromatic heterocycles. The fraction of sp³-hybridized carbons (Fsp3) is 0.105. The van der Waals surface area contributed by atoms with Gasteiger partial charge in [-0.3, -0.25) is 0 Å². The van der Waals surface area contributed by atoms with Gasteiger partial charge in [-0.15, -0.1) is 0 Å². The Morgan fingerprint density at radius 2 is 1.70 bits per heavy atom. The molecule has 0 aliphatic rings. The molecule has 116 valence electrons. The minimum absolute atomic E-state index is 0.0304. The fourth-order valence-corrected chi connectivity index (χ4v) is 2.90. The number of fused-ring (bicyclic) bond motifs is 1. The smallest absolute Gasteiger partial charge is 0.335 e. The van der Waals surface area contributed by atoms with Crippen molar-refractivity contribution in [2.24, 2.45) is 0 Å². The number of carboxylic acids is 1. The lowest BCUT2D eigenvalue weighted by atomic mass is 9.90. The van der Waals surface area contributed by atoms with E-state index in [1.807, 2.05) is 37.3 Å². The number of hydrogen-bond acceptors (Lipinski definition) is 3. The molecule has 0 atom stereocenters. The highest BCUT2D eigenvalue weighted by Crippen LogP contribution is 2.43. The zero-order chi connectivity index (χ0) is 16.6. The highest BCUT2D eigenvalue weighted by molar-refractivity contribution is 6.02. The van der Waals surface area contributed by atoms with E-state index in [1.165, 1.54) is 6.07 Å². The van der Waals surface area contributed by atoms with Gasteiger partial charge in [0.15, 0.2) is 0 Å².